The zero-order valence-corrected chi connectivity index (χ0v) is 5.89. The Morgan fingerprint density at radius 1 is 1.75 bits per heavy atom. The highest BCUT2D eigenvalue weighted by molar-refractivity contribution is 9.10. The summed E-state index contributed by atoms with van der Waals surface area (Å²) in [5.74, 6) is -0.319. The lowest BCUT2D eigenvalue weighted by Crippen LogP contribution is -2.13. The zero-order chi connectivity index (χ0) is 6.15. The highest BCUT2D eigenvalue weighted by Crippen LogP contribution is 2.36. The van der Waals surface area contributed by atoms with Gasteiger partial charge in [0.2, 0.25) is 0 Å². The average molecular weight is 179 g/mol. The fraction of sp³-hybridized carbons (Fsp3) is 0.800. The van der Waals surface area contributed by atoms with Gasteiger partial charge in [-0.3, -0.25) is 4.79 Å². The first-order valence-corrected chi connectivity index (χ1v) is 3.50. The van der Waals surface area contributed by atoms with Crippen LogP contribution >= 0.6 is 15.9 Å². The molecule has 0 bridgehead atoms. The molecule has 0 aliphatic heterocycles. The molecule has 0 aromatic rings. The van der Waals surface area contributed by atoms with E-state index in [9.17, 15) is 4.79 Å². The van der Waals surface area contributed by atoms with Crippen LogP contribution < -0.4 is 0 Å². The predicted molar refractivity (Wildman–Crippen MR) is 33.1 cm³/mol. The maximum atomic E-state index is 10.1. The third-order valence-electron chi connectivity index (χ3n) is 1.27. The molecule has 0 amide bonds. The van der Waals surface area contributed by atoms with Crippen molar-refractivity contribution >= 4 is 21.9 Å². The Balaban J connectivity index is 2.32. The summed E-state index contributed by atoms with van der Waals surface area (Å²) >= 11 is 3.07. The summed E-state index contributed by atoms with van der Waals surface area (Å²) in [4.78, 5) is 9.84. The third kappa shape index (κ3) is 1.22. The lowest BCUT2D eigenvalue weighted by atomic mass is 10.3. The Bertz CT molecular complexity index is 109. The monoisotopic (exact) mass is 178 g/mol. The molecular weight excluding hydrogens is 172 g/mol. The summed E-state index contributed by atoms with van der Waals surface area (Å²) in [6.45, 7) is 0. The SMILES string of the molecule is O=C(O)C(Br)C1CC1. The van der Waals surface area contributed by atoms with E-state index in [1.165, 1.54) is 0 Å². The molecule has 1 aliphatic carbocycles. The predicted octanol–water partition coefficient (Wildman–Crippen LogP) is 1.24. The molecule has 0 saturated heterocycles. The Morgan fingerprint density at radius 3 is 2.38 bits per heavy atom. The summed E-state index contributed by atoms with van der Waals surface area (Å²) in [7, 11) is 0. The summed E-state index contributed by atoms with van der Waals surface area (Å²) in [6.07, 6.45) is 2.14. The molecule has 1 unspecified atom stereocenters. The smallest absolute Gasteiger partial charge is 0.317 e. The molecule has 46 valence electrons. The van der Waals surface area contributed by atoms with Crippen LogP contribution in [0.15, 0.2) is 0 Å². The van der Waals surface area contributed by atoms with Gasteiger partial charge in [-0.05, 0) is 18.8 Å². The van der Waals surface area contributed by atoms with Crippen LogP contribution in [0.25, 0.3) is 0 Å². The van der Waals surface area contributed by atoms with E-state index in [2.05, 4.69) is 15.9 Å². The van der Waals surface area contributed by atoms with Crippen LogP contribution in [0.5, 0.6) is 0 Å². The minimum atomic E-state index is -0.729. The van der Waals surface area contributed by atoms with Crippen molar-refractivity contribution in [1.82, 2.24) is 0 Å². The summed E-state index contributed by atoms with van der Waals surface area (Å²) in [5, 5.41) is 8.35. The first-order chi connectivity index (χ1) is 3.72. The van der Waals surface area contributed by atoms with Crippen LogP contribution in [0.2, 0.25) is 0 Å². The van der Waals surface area contributed by atoms with Crippen molar-refractivity contribution in [3.05, 3.63) is 0 Å². The van der Waals surface area contributed by atoms with Crippen LogP contribution in [0.4, 0.5) is 0 Å². The van der Waals surface area contributed by atoms with Crippen LogP contribution in [0, 0.1) is 5.92 Å². The van der Waals surface area contributed by atoms with Crippen LogP contribution in [-0.4, -0.2) is 15.9 Å². The molecule has 8 heavy (non-hydrogen) atoms. The number of halogens is 1. The highest BCUT2D eigenvalue weighted by atomic mass is 79.9. The second kappa shape index (κ2) is 2.05. The number of alkyl halides is 1. The van der Waals surface area contributed by atoms with Crippen LogP contribution in [-0.2, 0) is 4.79 Å². The standard InChI is InChI=1S/C5H7BrO2/c6-4(5(7)8)3-1-2-3/h3-4H,1-2H2,(H,7,8). The molecule has 1 fully saturated rings. The van der Waals surface area contributed by atoms with Crippen molar-refractivity contribution in [2.75, 3.05) is 0 Å². The molecule has 0 radical (unpaired) electrons. The van der Waals surface area contributed by atoms with E-state index in [1.807, 2.05) is 0 Å². The normalized spacial score (nSPS) is 22.6. The topological polar surface area (TPSA) is 37.3 Å². The molecule has 3 heteroatoms. The lowest BCUT2D eigenvalue weighted by molar-refractivity contribution is -0.136. The van der Waals surface area contributed by atoms with Crippen molar-refractivity contribution < 1.29 is 9.90 Å². The Hall–Kier alpha value is -0.0500. The quantitative estimate of drug-likeness (QED) is 0.647. The number of aliphatic carboxylic acids is 1. The maximum Gasteiger partial charge on any atom is 0.317 e. The molecule has 1 aliphatic rings. The average Bonchev–Trinajstić information content (AvgIpc) is 2.43. The van der Waals surface area contributed by atoms with Crippen LogP contribution in [0.1, 0.15) is 12.8 Å². The number of hydrogen-bond acceptors (Lipinski definition) is 1. The Kier molecular flexibility index (Phi) is 1.56. The number of hydrogen-bond donors (Lipinski definition) is 1. The third-order valence-corrected chi connectivity index (χ3v) is 2.41. The lowest BCUT2D eigenvalue weighted by Gasteiger charge is -1.96. The van der Waals surface area contributed by atoms with Gasteiger partial charge < -0.3 is 5.11 Å². The van der Waals surface area contributed by atoms with Gasteiger partial charge in [-0.1, -0.05) is 15.9 Å². The van der Waals surface area contributed by atoms with E-state index in [-0.39, 0.29) is 4.83 Å². The van der Waals surface area contributed by atoms with Crippen molar-refractivity contribution in [3.8, 4) is 0 Å². The van der Waals surface area contributed by atoms with Gasteiger partial charge >= 0.3 is 5.97 Å². The van der Waals surface area contributed by atoms with Gasteiger partial charge in [0.25, 0.3) is 0 Å². The van der Waals surface area contributed by atoms with Gasteiger partial charge in [-0.15, -0.1) is 0 Å². The fourth-order valence-corrected chi connectivity index (χ4v) is 1.12. The number of rotatable bonds is 2. The molecule has 1 atom stereocenters. The molecule has 1 saturated carbocycles. The van der Waals surface area contributed by atoms with Gasteiger partial charge in [0.15, 0.2) is 0 Å². The molecule has 0 aromatic heterocycles. The molecular formula is C5H7BrO2. The van der Waals surface area contributed by atoms with Crippen molar-refractivity contribution in [3.63, 3.8) is 0 Å². The minimum absolute atomic E-state index is 0.289. The van der Waals surface area contributed by atoms with Gasteiger partial charge in [-0.25, -0.2) is 0 Å². The number of carboxylic acids is 1. The molecule has 0 heterocycles. The summed E-state index contributed by atoms with van der Waals surface area (Å²) in [6, 6.07) is 0. The highest BCUT2D eigenvalue weighted by Gasteiger charge is 2.33. The molecule has 0 spiro atoms. The van der Waals surface area contributed by atoms with Gasteiger partial charge in [0.05, 0.1) is 0 Å². The molecule has 2 nitrogen and oxygen atoms in total. The minimum Gasteiger partial charge on any atom is -0.480 e. The van der Waals surface area contributed by atoms with E-state index in [1.54, 1.807) is 0 Å². The zero-order valence-electron chi connectivity index (χ0n) is 4.30. The molecule has 1 N–H and O–H groups in total. The van der Waals surface area contributed by atoms with E-state index >= 15 is 0 Å². The first-order valence-electron chi connectivity index (χ1n) is 2.58. The summed E-state index contributed by atoms with van der Waals surface area (Å²) in [5.41, 5.74) is 0. The Labute approximate surface area is 56.0 Å². The van der Waals surface area contributed by atoms with Crippen LogP contribution in [0.3, 0.4) is 0 Å². The first kappa shape index (κ1) is 6.08. The van der Waals surface area contributed by atoms with Crippen molar-refractivity contribution in [2.45, 2.75) is 17.7 Å². The number of carboxylic acid groups (broad SMARTS) is 1. The number of carbonyl (C=O) groups is 1. The second-order valence-corrected chi connectivity index (χ2v) is 3.06. The van der Waals surface area contributed by atoms with E-state index in [0.29, 0.717) is 5.92 Å². The largest absolute Gasteiger partial charge is 0.480 e. The Morgan fingerprint density at radius 2 is 2.25 bits per heavy atom. The van der Waals surface area contributed by atoms with Gasteiger partial charge in [0, 0.05) is 0 Å². The van der Waals surface area contributed by atoms with E-state index in [4.69, 9.17) is 5.11 Å². The molecule has 1 rings (SSSR count). The molecule has 0 aromatic carbocycles. The van der Waals surface area contributed by atoms with E-state index in [0.717, 1.165) is 12.8 Å². The second-order valence-electron chi connectivity index (χ2n) is 2.08. The van der Waals surface area contributed by atoms with Gasteiger partial charge in [-0.2, -0.15) is 0 Å². The fourth-order valence-electron chi connectivity index (χ4n) is 0.591. The van der Waals surface area contributed by atoms with Crippen molar-refractivity contribution in [1.29, 1.82) is 0 Å². The summed E-state index contributed by atoms with van der Waals surface area (Å²) < 4.78 is 0. The maximum absolute atomic E-state index is 10.1. The van der Waals surface area contributed by atoms with E-state index < -0.39 is 5.97 Å². The van der Waals surface area contributed by atoms with Gasteiger partial charge in [0.1, 0.15) is 4.83 Å². The van der Waals surface area contributed by atoms with Crippen molar-refractivity contribution in [2.24, 2.45) is 5.92 Å².